The van der Waals surface area contributed by atoms with Gasteiger partial charge in [-0.15, -0.1) is 0 Å². The molecule has 0 radical (unpaired) electrons. The van der Waals surface area contributed by atoms with E-state index >= 15 is 0 Å². The molecule has 0 bridgehead atoms. The van der Waals surface area contributed by atoms with E-state index in [1.807, 2.05) is 0 Å². The van der Waals surface area contributed by atoms with Crippen LogP contribution in [0, 0.1) is 5.82 Å². The number of amides is 1. The van der Waals surface area contributed by atoms with Crippen LogP contribution >= 0.6 is 0 Å². The molecule has 1 atom stereocenters. The molecule has 124 valence electrons. The topological polar surface area (TPSA) is 81.8 Å². The Hall–Kier alpha value is -3.03. The first-order chi connectivity index (χ1) is 11.5. The number of aromatic nitrogens is 4. The summed E-state index contributed by atoms with van der Waals surface area (Å²) in [5.41, 5.74) is 0.923. The number of rotatable bonds is 4. The summed E-state index contributed by atoms with van der Waals surface area (Å²) in [6.07, 6.45) is 2.76. The number of fused-ring (bicyclic) bond motifs is 1. The molecule has 0 saturated heterocycles. The first-order valence-corrected chi connectivity index (χ1v) is 7.37. The second-order valence-electron chi connectivity index (χ2n) is 5.52. The Labute approximate surface area is 136 Å². The predicted molar refractivity (Wildman–Crippen MR) is 85.7 cm³/mol. The Bertz CT molecular complexity index is 945. The summed E-state index contributed by atoms with van der Waals surface area (Å²) >= 11 is 0. The number of halogens is 1. The van der Waals surface area contributed by atoms with Crippen LogP contribution in [0.5, 0.6) is 0 Å². The van der Waals surface area contributed by atoms with Gasteiger partial charge in [-0.2, -0.15) is 5.10 Å². The Morgan fingerprint density at radius 2 is 2.04 bits per heavy atom. The van der Waals surface area contributed by atoms with Gasteiger partial charge in [0.15, 0.2) is 5.65 Å². The third-order valence-electron chi connectivity index (χ3n) is 3.78. The third-order valence-corrected chi connectivity index (χ3v) is 3.78. The van der Waals surface area contributed by atoms with Crippen molar-refractivity contribution in [3.05, 3.63) is 58.5 Å². The zero-order valence-corrected chi connectivity index (χ0v) is 13.2. The molecule has 2 heterocycles. The largest absolute Gasteiger partial charge is 0.348 e. The number of aryl methyl sites for hydroxylation is 1. The van der Waals surface area contributed by atoms with Gasteiger partial charge in [-0.3, -0.25) is 18.8 Å². The highest BCUT2D eigenvalue weighted by Crippen LogP contribution is 2.12. The van der Waals surface area contributed by atoms with Gasteiger partial charge >= 0.3 is 0 Å². The summed E-state index contributed by atoms with van der Waals surface area (Å²) in [5, 5.41) is 7.12. The van der Waals surface area contributed by atoms with Gasteiger partial charge in [-0.1, -0.05) is 12.1 Å². The highest BCUT2D eigenvalue weighted by atomic mass is 19.1. The van der Waals surface area contributed by atoms with Gasteiger partial charge < -0.3 is 5.32 Å². The minimum absolute atomic E-state index is 0.151. The number of carbonyl (C=O) groups is 1. The summed E-state index contributed by atoms with van der Waals surface area (Å²) in [4.78, 5) is 28.6. The first-order valence-electron chi connectivity index (χ1n) is 7.37. The Balaban J connectivity index is 1.74. The molecule has 8 heteroatoms. The van der Waals surface area contributed by atoms with Crippen molar-refractivity contribution in [2.75, 3.05) is 0 Å². The summed E-state index contributed by atoms with van der Waals surface area (Å²) in [6, 6.07) is 5.58. The van der Waals surface area contributed by atoms with E-state index in [0.29, 0.717) is 11.0 Å². The van der Waals surface area contributed by atoms with Crippen molar-refractivity contribution >= 4 is 16.9 Å². The van der Waals surface area contributed by atoms with E-state index in [-0.39, 0.29) is 29.9 Å². The normalized spacial score (nSPS) is 12.3. The summed E-state index contributed by atoms with van der Waals surface area (Å²) in [7, 11) is 1.69. The second kappa shape index (κ2) is 6.23. The van der Waals surface area contributed by atoms with E-state index in [1.165, 1.54) is 33.9 Å². The van der Waals surface area contributed by atoms with Gasteiger partial charge in [0.2, 0.25) is 5.91 Å². The van der Waals surface area contributed by atoms with Crippen LogP contribution < -0.4 is 10.9 Å². The van der Waals surface area contributed by atoms with Gasteiger partial charge in [0.1, 0.15) is 24.1 Å². The fraction of sp³-hybridized carbons (Fsp3) is 0.250. The minimum Gasteiger partial charge on any atom is -0.348 e. The lowest BCUT2D eigenvalue weighted by molar-refractivity contribution is -0.122. The Morgan fingerprint density at radius 1 is 1.33 bits per heavy atom. The fourth-order valence-corrected chi connectivity index (χ4v) is 2.46. The van der Waals surface area contributed by atoms with Gasteiger partial charge in [0.25, 0.3) is 5.56 Å². The van der Waals surface area contributed by atoms with Crippen molar-refractivity contribution in [2.45, 2.75) is 19.5 Å². The first kappa shape index (κ1) is 15.9. The van der Waals surface area contributed by atoms with Gasteiger partial charge in [-0.05, 0) is 24.6 Å². The molecule has 0 saturated carbocycles. The van der Waals surface area contributed by atoms with Crippen molar-refractivity contribution < 1.29 is 9.18 Å². The SMILES string of the molecule is C[C@H](NC(=O)Cn1cnc2c(cnn2C)c1=O)c1ccc(F)cc1. The zero-order chi connectivity index (χ0) is 17.3. The van der Waals surface area contributed by atoms with Gasteiger partial charge in [0.05, 0.1) is 12.2 Å². The third kappa shape index (κ3) is 3.03. The van der Waals surface area contributed by atoms with E-state index in [9.17, 15) is 14.0 Å². The molecule has 3 rings (SSSR count). The summed E-state index contributed by atoms with van der Waals surface area (Å²) in [6.45, 7) is 1.64. The molecule has 0 aliphatic rings. The molecule has 3 aromatic rings. The maximum Gasteiger partial charge on any atom is 0.264 e. The van der Waals surface area contributed by atoms with E-state index in [1.54, 1.807) is 26.1 Å². The molecule has 1 N–H and O–H groups in total. The number of benzene rings is 1. The van der Waals surface area contributed by atoms with E-state index < -0.39 is 0 Å². The van der Waals surface area contributed by atoms with Crippen LogP contribution in [0.3, 0.4) is 0 Å². The average molecular weight is 329 g/mol. The minimum atomic E-state index is -0.334. The van der Waals surface area contributed by atoms with Crippen LogP contribution in [0.25, 0.3) is 11.0 Å². The molecular weight excluding hydrogens is 313 g/mol. The van der Waals surface area contributed by atoms with E-state index in [0.717, 1.165) is 5.56 Å². The summed E-state index contributed by atoms with van der Waals surface area (Å²) in [5.74, 6) is -0.668. The summed E-state index contributed by atoms with van der Waals surface area (Å²) < 4.78 is 15.7. The average Bonchev–Trinajstić information content (AvgIpc) is 2.92. The molecular formula is C16H16FN5O2. The van der Waals surface area contributed by atoms with Crippen LogP contribution in [0.15, 0.2) is 41.6 Å². The molecule has 0 aliphatic carbocycles. The smallest absolute Gasteiger partial charge is 0.264 e. The standard InChI is InChI=1S/C16H16FN5O2/c1-10(11-3-5-12(17)6-4-11)20-14(23)8-22-9-18-15-13(16(22)24)7-19-21(15)2/h3-7,9-10H,8H2,1-2H3,(H,20,23)/t10-/m0/s1. The number of nitrogens with one attached hydrogen (secondary N) is 1. The van der Waals surface area contributed by atoms with Crippen molar-refractivity contribution in [3.8, 4) is 0 Å². The Kier molecular flexibility index (Phi) is 4.11. The van der Waals surface area contributed by atoms with Crippen LogP contribution in [-0.2, 0) is 18.4 Å². The van der Waals surface area contributed by atoms with Gasteiger partial charge in [-0.25, -0.2) is 9.37 Å². The van der Waals surface area contributed by atoms with E-state index in [2.05, 4.69) is 15.4 Å². The van der Waals surface area contributed by atoms with Crippen molar-refractivity contribution in [1.82, 2.24) is 24.6 Å². The molecule has 7 nitrogen and oxygen atoms in total. The quantitative estimate of drug-likeness (QED) is 0.778. The monoisotopic (exact) mass is 329 g/mol. The molecule has 2 aromatic heterocycles. The number of hydrogen-bond donors (Lipinski definition) is 1. The lowest BCUT2D eigenvalue weighted by atomic mass is 10.1. The lowest BCUT2D eigenvalue weighted by Crippen LogP contribution is -2.33. The molecule has 1 aromatic carbocycles. The van der Waals surface area contributed by atoms with Crippen LogP contribution in [0.4, 0.5) is 4.39 Å². The van der Waals surface area contributed by atoms with E-state index in [4.69, 9.17) is 0 Å². The molecule has 0 fully saturated rings. The second-order valence-corrected chi connectivity index (χ2v) is 5.52. The predicted octanol–water partition coefficient (Wildman–Crippen LogP) is 1.15. The number of nitrogens with zero attached hydrogens (tertiary/aromatic N) is 4. The Morgan fingerprint density at radius 3 is 2.75 bits per heavy atom. The lowest BCUT2D eigenvalue weighted by Gasteiger charge is -2.15. The van der Waals surface area contributed by atoms with Crippen molar-refractivity contribution in [2.24, 2.45) is 7.05 Å². The molecule has 0 spiro atoms. The molecule has 0 aliphatic heterocycles. The maximum absolute atomic E-state index is 12.9. The molecule has 24 heavy (non-hydrogen) atoms. The number of hydrogen-bond acceptors (Lipinski definition) is 4. The van der Waals surface area contributed by atoms with Crippen molar-refractivity contribution in [3.63, 3.8) is 0 Å². The molecule has 0 unspecified atom stereocenters. The van der Waals surface area contributed by atoms with Crippen LogP contribution in [-0.4, -0.2) is 25.2 Å². The highest BCUT2D eigenvalue weighted by Gasteiger charge is 2.13. The maximum atomic E-state index is 12.9. The fourth-order valence-electron chi connectivity index (χ4n) is 2.46. The zero-order valence-electron chi connectivity index (χ0n) is 13.2. The highest BCUT2D eigenvalue weighted by molar-refractivity contribution is 5.77. The van der Waals surface area contributed by atoms with Gasteiger partial charge in [0, 0.05) is 7.05 Å². The van der Waals surface area contributed by atoms with Crippen LogP contribution in [0.2, 0.25) is 0 Å². The van der Waals surface area contributed by atoms with Crippen molar-refractivity contribution in [1.29, 1.82) is 0 Å². The number of carbonyl (C=O) groups excluding carboxylic acids is 1. The molecule has 1 amide bonds. The van der Waals surface area contributed by atoms with Crippen LogP contribution in [0.1, 0.15) is 18.5 Å².